The first-order chi connectivity index (χ1) is 24.9. The highest BCUT2D eigenvalue weighted by Gasteiger charge is 2.39. The van der Waals surface area contributed by atoms with E-state index in [1.807, 2.05) is 36.4 Å². The number of benzene rings is 3. The number of aliphatic hydroxyl groups excluding tert-OH is 1. The van der Waals surface area contributed by atoms with Gasteiger partial charge in [-0.15, -0.1) is 0 Å². The lowest BCUT2D eigenvalue weighted by Gasteiger charge is -2.43. The number of ether oxygens (including phenoxy) is 2. The maximum atomic E-state index is 13.0. The predicted molar refractivity (Wildman–Crippen MR) is 203 cm³/mol. The van der Waals surface area contributed by atoms with Gasteiger partial charge < -0.3 is 19.5 Å². The fraction of sp³-hybridized carbons (Fsp3) is 0.545. The molecule has 2 amide bonds. The van der Waals surface area contributed by atoms with Crippen LogP contribution in [0.2, 0.25) is 0 Å². The number of rotatable bonds is 21. The number of imide groups is 1. The Kier molecular flexibility index (Phi) is 15.3. The summed E-state index contributed by atoms with van der Waals surface area (Å²) in [6.45, 7) is 10.0. The number of fused-ring (bicyclic) bond motifs is 1. The van der Waals surface area contributed by atoms with Crippen molar-refractivity contribution in [3.8, 4) is 0 Å². The lowest BCUT2D eigenvalue weighted by atomic mass is 9.90. The zero-order chi connectivity index (χ0) is 36.0. The van der Waals surface area contributed by atoms with Crippen molar-refractivity contribution >= 4 is 11.8 Å². The number of hydrogen-bond acceptors (Lipinski definition) is 6. The Morgan fingerprint density at radius 2 is 1.16 bits per heavy atom. The first-order valence-electron chi connectivity index (χ1n) is 19.7. The molecule has 4 atom stereocenters. The Labute approximate surface area is 306 Å². The summed E-state index contributed by atoms with van der Waals surface area (Å²) in [6.07, 6.45) is 14.6. The molecule has 0 aromatic heterocycles. The highest BCUT2D eigenvalue weighted by molar-refractivity contribution is 6.21. The van der Waals surface area contributed by atoms with Crippen molar-refractivity contribution in [1.82, 2.24) is 9.80 Å². The molecule has 1 fully saturated rings. The Morgan fingerprint density at radius 3 is 1.71 bits per heavy atom. The van der Waals surface area contributed by atoms with E-state index in [-0.39, 0.29) is 43.1 Å². The first-order valence-corrected chi connectivity index (χ1v) is 19.7. The molecule has 276 valence electrons. The SMILES string of the molecule is CCCCCCCCN(CCCCCCCC)C[C@H]1O[C@@H](c2ccc(CN3C(=O)c4ccccc4C3=O)cc2)O[C@@H](c2ccc(CO)cc2)[C@H]1C. The molecule has 7 nitrogen and oxygen atoms in total. The minimum atomic E-state index is -0.563. The molecule has 0 aliphatic carbocycles. The second-order valence-electron chi connectivity index (χ2n) is 14.6. The smallest absolute Gasteiger partial charge is 0.261 e. The van der Waals surface area contributed by atoms with Crippen molar-refractivity contribution in [1.29, 1.82) is 0 Å². The van der Waals surface area contributed by atoms with Gasteiger partial charge in [-0.2, -0.15) is 0 Å². The molecule has 0 saturated carbocycles. The molecular formula is C44H60N2O5. The van der Waals surface area contributed by atoms with Gasteiger partial charge in [0.05, 0.1) is 36.5 Å². The van der Waals surface area contributed by atoms with Crippen LogP contribution in [0.15, 0.2) is 72.8 Å². The Morgan fingerprint density at radius 1 is 0.647 bits per heavy atom. The zero-order valence-electron chi connectivity index (χ0n) is 31.2. The number of amides is 2. The molecule has 2 heterocycles. The molecule has 5 rings (SSSR count). The van der Waals surface area contributed by atoms with Crippen molar-refractivity contribution < 1.29 is 24.2 Å². The molecule has 3 aromatic carbocycles. The standard InChI is InChI=1S/C44H60N2O5/c1-4-6-8-10-12-16-28-45(29-17-13-11-9-7-5-2)31-40-33(3)41(36-24-22-35(32-47)23-25-36)51-44(50-40)37-26-20-34(21-27-37)30-46-42(48)38-18-14-15-19-39(38)43(46)49/h14-15,18-27,33,40-41,44,47H,4-13,16-17,28-32H2,1-3H3/t33-,40+,41+,44+/m0/s1. The van der Waals surface area contributed by atoms with Crippen LogP contribution in [0.5, 0.6) is 0 Å². The van der Waals surface area contributed by atoms with Gasteiger partial charge in [0.1, 0.15) is 0 Å². The van der Waals surface area contributed by atoms with Crippen molar-refractivity contribution in [3.63, 3.8) is 0 Å². The van der Waals surface area contributed by atoms with E-state index >= 15 is 0 Å². The quantitative estimate of drug-likeness (QED) is 0.0883. The number of aliphatic hydroxyl groups is 1. The Bertz CT molecular complexity index is 1460. The Balaban J connectivity index is 1.30. The molecule has 0 unspecified atom stereocenters. The van der Waals surface area contributed by atoms with Gasteiger partial charge in [-0.05, 0) is 54.8 Å². The molecule has 0 bridgehead atoms. The summed E-state index contributed by atoms with van der Waals surface area (Å²) in [5.74, 6) is -0.389. The number of carbonyl (C=O) groups is 2. The van der Waals surface area contributed by atoms with Crippen LogP contribution in [0.3, 0.4) is 0 Å². The van der Waals surface area contributed by atoms with Gasteiger partial charge in [0.15, 0.2) is 6.29 Å². The summed E-state index contributed by atoms with van der Waals surface area (Å²) in [7, 11) is 0. The predicted octanol–water partition coefficient (Wildman–Crippen LogP) is 9.79. The van der Waals surface area contributed by atoms with E-state index in [4.69, 9.17) is 9.47 Å². The highest BCUT2D eigenvalue weighted by atomic mass is 16.7. The van der Waals surface area contributed by atoms with E-state index < -0.39 is 6.29 Å². The van der Waals surface area contributed by atoms with Crippen molar-refractivity contribution in [2.75, 3.05) is 19.6 Å². The van der Waals surface area contributed by atoms with Gasteiger partial charge >= 0.3 is 0 Å². The maximum Gasteiger partial charge on any atom is 0.261 e. The van der Waals surface area contributed by atoms with Crippen molar-refractivity contribution in [3.05, 3.63) is 106 Å². The third-order valence-corrected chi connectivity index (χ3v) is 10.7. The van der Waals surface area contributed by atoms with Crippen molar-refractivity contribution in [2.45, 2.75) is 129 Å². The monoisotopic (exact) mass is 696 g/mol. The second kappa shape index (κ2) is 20.0. The number of hydrogen-bond donors (Lipinski definition) is 1. The van der Waals surface area contributed by atoms with Crippen LogP contribution in [-0.4, -0.2) is 52.5 Å². The Hall–Kier alpha value is -3.36. The van der Waals surface area contributed by atoms with Gasteiger partial charge in [-0.3, -0.25) is 14.5 Å². The molecule has 3 aromatic rings. The average Bonchev–Trinajstić information content (AvgIpc) is 3.40. The van der Waals surface area contributed by atoms with Crippen LogP contribution < -0.4 is 0 Å². The number of unbranched alkanes of at least 4 members (excludes halogenated alkanes) is 10. The lowest BCUT2D eigenvalue weighted by molar-refractivity contribution is -0.276. The molecule has 1 N–H and O–H groups in total. The first kappa shape index (κ1) is 38.9. The zero-order valence-corrected chi connectivity index (χ0v) is 31.2. The van der Waals surface area contributed by atoms with E-state index in [1.165, 1.54) is 81.9 Å². The van der Waals surface area contributed by atoms with E-state index in [1.54, 1.807) is 24.3 Å². The fourth-order valence-corrected chi connectivity index (χ4v) is 7.45. The van der Waals surface area contributed by atoms with Crippen LogP contribution >= 0.6 is 0 Å². The molecule has 51 heavy (non-hydrogen) atoms. The van der Waals surface area contributed by atoms with E-state index in [9.17, 15) is 14.7 Å². The largest absolute Gasteiger partial charge is 0.392 e. The summed E-state index contributed by atoms with van der Waals surface area (Å²) in [5.41, 5.74) is 4.66. The van der Waals surface area contributed by atoms with Gasteiger partial charge in [-0.25, -0.2) is 0 Å². The minimum absolute atomic E-state index is 0.00856. The molecule has 1 saturated heterocycles. The van der Waals surface area contributed by atoms with Gasteiger partial charge in [0, 0.05) is 18.0 Å². The molecule has 0 radical (unpaired) electrons. The van der Waals surface area contributed by atoms with Gasteiger partial charge in [0.25, 0.3) is 11.8 Å². The lowest BCUT2D eigenvalue weighted by Crippen LogP contribution is -2.45. The summed E-state index contributed by atoms with van der Waals surface area (Å²) in [6, 6.07) is 23.0. The van der Waals surface area contributed by atoms with E-state index in [0.29, 0.717) is 11.1 Å². The molecule has 7 heteroatoms. The summed E-state index contributed by atoms with van der Waals surface area (Å²) >= 11 is 0. The topological polar surface area (TPSA) is 79.3 Å². The fourth-order valence-electron chi connectivity index (χ4n) is 7.45. The summed E-state index contributed by atoms with van der Waals surface area (Å²) in [4.78, 5) is 29.9. The van der Waals surface area contributed by atoms with Crippen LogP contribution in [-0.2, 0) is 22.6 Å². The summed E-state index contributed by atoms with van der Waals surface area (Å²) < 4.78 is 13.6. The molecule has 0 spiro atoms. The highest BCUT2D eigenvalue weighted by Crippen LogP contribution is 2.42. The number of nitrogens with zero attached hydrogens (tertiary/aromatic N) is 2. The van der Waals surface area contributed by atoms with E-state index in [2.05, 4.69) is 37.8 Å². The van der Waals surface area contributed by atoms with Crippen LogP contribution in [0.25, 0.3) is 0 Å². The van der Waals surface area contributed by atoms with E-state index in [0.717, 1.165) is 41.9 Å². The third-order valence-electron chi connectivity index (χ3n) is 10.7. The third kappa shape index (κ3) is 10.6. The van der Waals surface area contributed by atoms with Crippen molar-refractivity contribution in [2.24, 2.45) is 5.92 Å². The van der Waals surface area contributed by atoms with Crippen LogP contribution in [0.4, 0.5) is 0 Å². The maximum absolute atomic E-state index is 13.0. The van der Waals surface area contributed by atoms with Gasteiger partial charge in [-0.1, -0.05) is 146 Å². The molecule has 2 aliphatic heterocycles. The summed E-state index contributed by atoms with van der Waals surface area (Å²) in [5, 5.41) is 9.67. The normalized spacial score (nSPS) is 20.4. The molecular weight excluding hydrogens is 636 g/mol. The molecule has 2 aliphatic rings. The van der Waals surface area contributed by atoms with Crippen LogP contribution in [0, 0.1) is 5.92 Å². The minimum Gasteiger partial charge on any atom is -0.392 e. The second-order valence-corrected chi connectivity index (χ2v) is 14.6. The van der Waals surface area contributed by atoms with Gasteiger partial charge in [0.2, 0.25) is 0 Å². The average molecular weight is 697 g/mol. The number of carbonyl (C=O) groups excluding carboxylic acids is 2. The van der Waals surface area contributed by atoms with Crippen LogP contribution in [0.1, 0.15) is 153 Å².